The highest BCUT2D eigenvalue weighted by Gasteiger charge is 2.43. The number of unbranched alkanes of at least 4 members (excludes halogenated alkanes) is 1. The molecule has 0 bridgehead atoms. The van der Waals surface area contributed by atoms with Crippen LogP contribution in [-0.2, 0) is 0 Å². The molecule has 0 N–H and O–H groups in total. The van der Waals surface area contributed by atoms with Crippen LogP contribution in [0.15, 0.2) is 0 Å². The minimum Gasteiger partial charge on any atom is -0.198 e. The molecule has 4 unspecified atom stereocenters. The zero-order valence-electron chi connectivity index (χ0n) is 10.7. The first kappa shape index (κ1) is 12.6. The molecule has 0 aromatic rings. The molecule has 4 atom stereocenters. The van der Waals surface area contributed by atoms with Gasteiger partial charge in [0, 0.05) is 0 Å². The standard InChI is InChI=1S/C14H25N/c1-5-6-7-13-9-8-11(2)14(4,10-15)12(13)3/h11-13H,5-9H2,1-4H3. The first-order valence-electron chi connectivity index (χ1n) is 6.47. The van der Waals surface area contributed by atoms with E-state index in [0.29, 0.717) is 11.8 Å². The highest BCUT2D eigenvalue weighted by Crippen LogP contribution is 2.48. The fourth-order valence-corrected chi connectivity index (χ4v) is 3.02. The SMILES string of the molecule is CCCCC1CCC(C)C(C)(C#N)C1C. The molecule has 1 fully saturated rings. The summed E-state index contributed by atoms with van der Waals surface area (Å²) in [5.74, 6) is 1.92. The van der Waals surface area contributed by atoms with Crippen LogP contribution >= 0.6 is 0 Å². The molecule has 15 heavy (non-hydrogen) atoms. The predicted octanol–water partition coefficient (Wildman–Crippen LogP) is 4.39. The van der Waals surface area contributed by atoms with Gasteiger partial charge in [-0.1, -0.05) is 40.0 Å². The molecule has 86 valence electrons. The number of hydrogen-bond donors (Lipinski definition) is 0. The average molecular weight is 207 g/mol. The topological polar surface area (TPSA) is 23.8 Å². The molecular formula is C14H25N. The Balaban J connectivity index is 2.69. The van der Waals surface area contributed by atoms with E-state index >= 15 is 0 Å². The second kappa shape index (κ2) is 5.01. The molecule has 1 nitrogen and oxygen atoms in total. The maximum absolute atomic E-state index is 9.38. The molecule has 0 aromatic carbocycles. The lowest BCUT2D eigenvalue weighted by molar-refractivity contribution is 0.0602. The summed E-state index contributed by atoms with van der Waals surface area (Å²) in [6.07, 6.45) is 6.50. The van der Waals surface area contributed by atoms with Crippen molar-refractivity contribution in [3.8, 4) is 6.07 Å². The van der Waals surface area contributed by atoms with Crippen molar-refractivity contribution in [3.05, 3.63) is 0 Å². The Morgan fingerprint density at radius 3 is 2.53 bits per heavy atom. The third-order valence-corrected chi connectivity index (χ3v) is 4.82. The summed E-state index contributed by atoms with van der Waals surface area (Å²) in [7, 11) is 0. The lowest BCUT2D eigenvalue weighted by atomic mass is 9.58. The van der Waals surface area contributed by atoms with Gasteiger partial charge in [-0.3, -0.25) is 0 Å². The molecule has 0 aliphatic heterocycles. The maximum Gasteiger partial charge on any atom is 0.0692 e. The molecule has 1 aliphatic rings. The monoisotopic (exact) mass is 207 g/mol. The van der Waals surface area contributed by atoms with E-state index < -0.39 is 0 Å². The van der Waals surface area contributed by atoms with Crippen molar-refractivity contribution in [2.75, 3.05) is 0 Å². The van der Waals surface area contributed by atoms with Gasteiger partial charge in [0.25, 0.3) is 0 Å². The fraction of sp³-hybridized carbons (Fsp3) is 0.929. The van der Waals surface area contributed by atoms with E-state index in [2.05, 4.69) is 33.8 Å². The lowest BCUT2D eigenvalue weighted by Gasteiger charge is -2.44. The van der Waals surface area contributed by atoms with Crippen LogP contribution < -0.4 is 0 Å². The average Bonchev–Trinajstić information content (AvgIpc) is 2.25. The van der Waals surface area contributed by atoms with E-state index in [1.165, 1.54) is 32.1 Å². The van der Waals surface area contributed by atoms with Crippen molar-refractivity contribution in [1.29, 1.82) is 5.26 Å². The third-order valence-electron chi connectivity index (χ3n) is 4.82. The molecule has 1 aliphatic carbocycles. The van der Waals surface area contributed by atoms with Crippen LogP contribution in [0, 0.1) is 34.5 Å². The van der Waals surface area contributed by atoms with Crippen molar-refractivity contribution >= 4 is 0 Å². The Bertz CT molecular complexity index is 238. The van der Waals surface area contributed by atoms with Crippen LogP contribution in [0.4, 0.5) is 0 Å². The van der Waals surface area contributed by atoms with Crippen LogP contribution in [0.2, 0.25) is 0 Å². The largest absolute Gasteiger partial charge is 0.198 e. The van der Waals surface area contributed by atoms with E-state index in [0.717, 1.165) is 5.92 Å². The van der Waals surface area contributed by atoms with Gasteiger partial charge in [0.15, 0.2) is 0 Å². The molecule has 1 saturated carbocycles. The molecule has 1 heteroatoms. The van der Waals surface area contributed by atoms with Crippen LogP contribution in [0.1, 0.15) is 59.8 Å². The Morgan fingerprint density at radius 1 is 1.33 bits per heavy atom. The molecular weight excluding hydrogens is 182 g/mol. The van der Waals surface area contributed by atoms with Crippen molar-refractivity contribution in [1.82, 2.24) is 0 Å². The van der Waals surface area contributed by atoms with Gasteiger partial charge in [0.05, 0.1) is 11.5 Å². The van der Waals surface area contributed by atoms with Gasteiger partial charge in [-0.15, -0.1) is 0 Å². The van der Waals surface area contributed by atoms with Crippen molar-refractivity contribution in [2.24, 2.45) is 23.2 Å². The predicted molar refractivity (Wildman–Crippen MR) is 64.3 cm³/mol. The highest BCUT2D eigenvalue weighted by atomic mass is 14.5. The minimum absolute atomic E-state index is 0.0866. The number of nitrogens with zero attached hydrogens (tertiary/aromatic N) is 1. The van der Waals surface area contributed by atoms with Crippen molar-refractivity contribution in [2.45, 2.75) is 59.8 Å². The Morgan fingerprint density at radius 2 is 2.00 bits per heavy atom. The summed E-state index contributed by atoms with van der Waals surface area (Å²) < 4.78 is 0. The smallest absolute Gasteiger partial charge is 0.0692 e. The van der Waals surface area contributed by atoms with E-state index in [1.54, 1.807) is 0 Å². The van der Waals surface area contributed by atoms with Crippen LogP contribution in [0.3, 0.4) is 0 Å². The Kier molecular flexibility index (Phi) is 4.20. The van der Waals surface area contributed by atoms with Gasteiger partial charge in [0.1, 0.15) is 0 Å². The summed E-state index contributed by atoms with van der Waals surface area (Å²) in [6, 6.07) is 2.59. The van der Waals surface area contributed by atoms with Crippen molar-refractivity contribution < 1.29 is 0 Å². The van der Waals surface area contributed by atoms with Gasteiger partial charge in [0.2, 0.25) is 0 Å². The van der Waals surface area contributed by atoms with Crippen LogP contribution in [0.25, 0.3) is 0 Å². The van der Waals surface area contributed by atoms with Gasteiger partial charge in [-0.2, -0.15) is 5.26 Å². The normalized spacial score (nSPS) is 41.1. The molecule has 0 saturated heterocycles. The van der Waals surface area contributed by atoms with Gasteiger partial charge < -0.3 is 0 Å². The van der Waals surface area contributed by atoms with E-state index in [-0.39, 0.29) is 5.41 Å². The van der Waals surface area contributed by atoms with E-state index in [1.807, 2.05) is 0 Å². The van der Waals surface area contributed by atoms with Gasteiger partial charge in [-0.05, 0) is 37.5 Å². The molecule has 0 spiro atoms. The molecule has 0 heterocycles. The van der Waals surface area contributed by atoms with Crippen molar-refractivity contribution in [3.63, 3.8) is 0 Å². The lowest BCUT2D eigenvalue weighted by Crippen LogP contribution is -2.40. The quantitative estimate of drug-likeness (QED) is 0.673. The Labute approximate surface area is 94.9 Å². The molecule has 0 amide bonds. The van der Waals surface area contributed by atoms with Gasteiger partial charge >= 0.3 is 0 Å². The Hall–Kier alpha value is -0.510. The second-order valence-corrected chi connectivity index (χ2v) is 5.56. The fourth-order valence-electron chi connectivity index (χ4n) is 3.02. The summed E-state index contributed by atoms with van der Waals surface area (Å²) in [6.45, 7) is 8.95. The van der Waals surface area contributed by atoms with E-state index in [4.69, 9.17) is 0 Å². The first-order chi connectivity index (χ1) is 7.06. The number of nitriles is 1. The zero-order chi connectivity index (χ0) is 11.5. The first-order valence-corrected chi connectivity index (χ1v) is 6.47. The molecule has 0 aromatic heterocycles. The summed E-state index contributed by atoms with van der Waals surface area (Å²) in [5.41, 5.74) is -0.0866. The van der Waals surface area contributed by atoms with Crippen LogP contribution in [-0.4, -0.2) is 0 Å². The molecule has 0 radical (unpaired) electrons. The zero-order valence-corrected chi connectivity index (χ0v) is 10.7. The summed E-state index contributed by atoms with van der Waals surface area (Å²) in [4.78, 5) is 0. The summed E-state index contributed by atoms with van der Waals surface area (Å²) >= 11 is 0. The van der Waals surface area contributed by atoms with Gasteiger partial charge in [-0.25, -0.2) is 0 Å². The van der Waals surface area contributed by atoms with E-state index in [9.17, 15) is 5.26 Å². The number of rotatable bonds is 3. The number of hydrogen-bond acceptors (Lipinski definition) is 1. The molecule has 1 rings (SSSR count). The second-order valence-electron chi connectivity index (χ2n) is 5.56. The minimum atomic E-state index is -0.0866. The third kappa shape index (κ3) is 2.36. The maximum atomic E-state index is 9.38. The summed E-state index contributed by atoms with van der Waals surface area (Å²) in [5, 5.41) is 9.38. The van der Waals surface area contributed by atoms with Crippen LogP contribution in [0.5, 0.6) is 0 Å². The highest BCUT2D eigenvalue weighted by molar-refractivity contribution is 5.05.